The number of nitrogens with zero attached hydrogens (tertiary/aromatic N) is 2. The third-order valence-corrected chi connectivity index (χ3v) is 2.20. The lowest BCUT2D eigenvalue weighted by atomic mass is 10.3. The summed E-state index contributed by atoms with van der Waals surface area (Å²) in [7, 11) is 0. The van der Waals surface area contributed by atoms with Crippen LogP contribution in [0.5, 0.6) is 0 Å². The predicted octanol–water partition coefficient (Wildman–Crippen LogP) is 0.261. The molecule has 0 aromatic carbocycles. The Morgan fingerprint density at radius 2 is 2.56 bits per heavy atom. The number of hydrogen-bond donors (Lipinski definition) is 1. The molecule has 0 saturated heterocycles. The Bertz CT molecular complexity index is 415. The molecule has 16 heavy (non-hydrogen) atoms. The minimum atomic E-state index is -0.989. The van der Waals surface area contributed by atoms with Crippen LogP contribution in [0.15, 0.2) is 10.5 Å². The largest absolute Gasteiger partial charge is 0.395 e. The Balaban J connectivity index is 2.92. The summed E-state index contributed by atoms with van der Waals surface area (Å²) in [5, 5.41) is 7.67. The van der Waals surface area contributed by atoms with Gasteiger partial charge in [-0.15, -0.1) is 11.3 Å². The van der Waals surface area contributed by atoms with Crippen LogP contribution in [0.3, 0.4) is 0 Å². The zero-order valence-corrected chi connectivity index (χ0v) is 9.21. The average molecular weight is 241 g/mol. The summed E-state index contributed by atoms with van der Waals surface area (Å²) in [5.41, 5.74) is 7.01. The molecule has 1 heterocycles. The number of anilines is 1. The van der Waals surface area contributed by atoms with Gasteiger partial charge in [-0.2, -0.15) is 0 Å². The minimum absolute atomic E-state index is 0.183. The van der Waals surface area contributed by atoms with Crippen molar-refractivity contribution in [1.29, 1.82) is 0 Å². The van der Waals surface area contributed by atoms with Gasteiger partial charge in [0.25, 0.3) is 5.91 Å². The highest BCUT2D eigenvalue weighted by Crippen LogP contribution is 2.15. The van der Waals surface area contributed by atoms with Crippen LogP contribution in [0, 0.1) is 0 Å². The summed E-state index contributed by atoms with van der Waals surface area (Å²) >= 11 is 1.13. The molecule has 0 saturated carbocycles. The topological polar surface area (TPSA) is 104 Å². The van der Waals surface area contributed by atoms with E-state index in [1.807, 2.05) is 0 Å². The van der Waals surface area contributed by atoms with E-state index in [-0.39, 0.29) is 11.4 Å². The van der Waals surface area contributed by atoms with Crippen LogP contribution in [0.2, 0.25) is 0 Å². The van der Waals surface area contributed by atoms with Gasteiger partial charge in [0.2, 0.25) is 6.41 Å². The standard InChI is InChI=1S/C8H9N4O3S/c1-2-15-12-6(7(9)14)5-3-16-8(11-5)10-4-13/h3-4,9H,2H2,1H3,(H,10,11,13)/b12-6-. The average Bonchev–Trinajstić information content (AvgIpc) is 2.67. The van der Waals surface area contributed by atoms with Gasteiger partial charge < -0.3 is 10.2 Å². The molecule has 7 nitrogen and oxygen atoms in total. The fourth-order valence-corrected chi connectivity index (χ4v) is 1.49. The molecule has 0 unspecified atom stereocenters. The van der Waals surface area contributed by atoms with E-state index < -0.39 is 5.91 Å². The van der Waals surface area contributed by atoms with Crippen molar-refractivity contribution in [3.63, 3.8) is 0 Å². The van der Waals surface area contributed by atoms with Gasteiger partial charge in [0, 0.05) is 5.38 Å². The summed E-state index contributed by atoms with van der Waals surface area (Å²) in [5.74, 6) is -0.989. The van der Waals surface area contributed by atoms with Gasteiger partial charge in [-0.25, -0.2) is 4.98 Å². The second-order valence-corrected chi connectivity index (χ2v) is 3.34. The van der Waals surface area contributed by atoms with Gasteiger partial charge in [0.15, 0.2) is 10.8 Å². The molecular formula is C8H9N4O3S. The van der Waals surface area contributed by atoms with E-state index in [1.165, 1.54) is 5.38 Å². The number of oxime groups is 1. The second kappa shape index (κ2) is 5.81. The van der Waals surface area contributed by atoms with Crippen LogP contribution in [-0.4, -0.2) is 29.6 Å². The van der Waals surface area contributed by atoms with E-state index >= 15 is 0 Å². The number of rotatable bonds is 6. The maximum absolute atomic E-state index is 10.9. The Labute approximate surface area is 95.3 Å². The first-order chi connectivity index (χ1) is 7.69. The van der Waals surface area contributed by atoms with Gasteiger partial charge >= 0.3 is 0 Å². The van der Waals surface area contributed by atoms with E-state index in [4.69, 9.17) is 10.6 Å². The number of amides is 2. The molecule has 0 spiro atoms. The SMILES string of the molecule is CCO/N=C(\C([NH])=O)c1csc(NC=O)n1. The van der Waals surface area contributed by atoms with Gasteiger partial charge in [-0.05, 0) is 6.92 Å². The number of carbonyl (C=O) groups is 2. The number of hydrogen-bond acceptors (Lipinski definition) is 6. The lowest BCUT2D eigenvalue weighted by molar-refractivity contribution is -0.112. The molecule has 0 atom stereocenters. The van der Waals surface area contributed by atoms with E-state index in [2.05, 4.69) is 15.5 Å². The summed E-state index contributed by atoms with van der Waals surface area (Å²) in [6, 6.07) is 0. The van der Waals surface area contributed by atoms with E-state index in [1.54, 1.807) is 6.92 Å². The summed E-state index contributed by atoms with van der Waals surface area (Å²) in [6.45, 7) is 2.00. The van der Waals surface area contributed by atoms with Gasteiger partial charge in [-0.1, -0.05) is 5.16 Å². The number of nitrogens with one attached hydrogen (secondary N) is 2. The predicted molar refractivity (Wildman–Crippen MR) is 58.1 cm³/mol. The zero-order valence-electron chi connectivity index (χ0n) is 8.39. The second-order valence-electron chi connectivity index (χ2n) is 2.49. The lowest BCUT2D eigenvalue weighted by Crippen LogP contribution is -2.17. The van der Waals surface area contributed by atoms with Gasteiger partial charge in [-0.3, -0.25) is 15.3 Å². The molecule has 85 valence electrons. The molecule has 0 fully saturated rings. The minimum Gasteiger partial charge on any atom is -0.395 e. The van der Waals surface area contributed by atoms with Crippen molar-refractivity contribution >= 4 is 34.5 Å². The molecule has 1 rings (SSSR count). The molecule has 0 aliphatic carbocycles. The van der Waals surface area contributed by atoms with Crippen LogP contribution in [0.25, 0.3) is 0 Å². The summed E-state index contributed by atoms with van der Waals surface area (Å²) in [6.07, 6.45) is 0.477. The molecule has 8 heteroatoms. The molecule has 0 aliphatic rings. The molecule has 0 aliphatic heterocycles. The molecule has 0 bridgehead atoms. The normalized spacial score (nSPS) is 10.9. The Kier molecular flexibility index (Phi) is 4.40. The van der Waals surface area contributed by atoms with E-state index in [0.29, 0.717) is 18.1 Å². The monoisotopic (exact) mass is 241 g/mol. The molecule has 2 N–H and O–H groups in total. The maximum Gasteiger partial charge on any atom is 0.294 e. The highest BCUT2D eigenvalue weighted by molar-refractivity contribution is 7.14. The highest BCUT2D eigenvalue weighted by Gasteiger charge is 2.16. The molecule has 1 aromatic rings. The first kappa shape index (κ1) is 12.1. The van der Waals surface area contributed by atoms with Crippen molar-refractivity contribution in [3.8, 4) is 0 Å². The van der Waals surface area contributed by atoms with E-state index in [9.17, 15) is 9.59 Å². The highest BCUT2D eigenvalue weighted by atomic mass is 32.1. The van der Waals surface area contributed by atoms with Crippen molar-refractivity contribution in [2.45, 2.75) is 6.92 Å². The fourth-order valence-electron chi connectivity index (χ4n) is 0.833. The first-order valence-electron chi connectivity index (χ1n) is 4.31. The van der Waals surface area contributed by atoms with Crippen LogP contribution in [-0.2, 0) is 14.4 Å². The van der Waals surface area contributed by atoms with Crippen LogP contribution >= 0.6 is 11.3 Å². The van der Waals surface area contributed by atoms with Crippen molar-refractivity contribution in [3.05, 3.63) is 11.1 Å². The summed E-state index contributed by atoms with van der Waals surface area (Å²) in [4.78, 5) is 29.7. The lowest BCUT2D eigenvalue weighted by Gasteiger charge is -1.97. The molecule has 2 amide bonds. The molecular weight excluding hydrogens is 232 g/mol. The Morgan fingerprint density at radius 3 is 3.12 bits per heavy atom. The third kappa shape index (κ3) is 3.02. The fraction of sp³-hybridized carbons (Fsp3) is 0.250. The van der Waals surface area contributed by atoms with Crippen LogP contribution in [0.4, 0.5) is 5.13 Å². The van der Waals surface area contributed by atoms with Crippen LogP contribution < -0.4 is 11.1 Å². The molecule has 1 aromatic heterocycles. The van der Waals surface area contributed by atoms with Crippen LogP contribution in [0.1, 0.15) is 12.6 Å². The number of thiazole rings is 1. The van der Waals surface area contributed by atoms with Crippen molar-refractivity contribution in [2.75, 3.05) is 11.9 Å². The number of aromatic nitrogens is 1. The maximum atomic E-state index is 10.9. The first-order valence-corrected chi connectivity index (χ1v) is 5.19. The molecule has 1 radical (unpaired) electrons. The summed E-state index contributed by atoms with van der Waals surface area (Å²) < 4.78 is 0. The smallest absolute Gasteiger partial charge is 0.294 e. The van der Waals surface area contributed by atoms with Crippen molar-refractivity contribution < 1.29 is 14.4 Å². The van der Waals surface area contributed by atoms with E-state index in [0.717, 1.165) is 11.3 Å². The quantitative estimate of drug-likeness (QED) is 0.438. The van der Waals surface area contributed by atoms with Crippen molar-refractivity contribution in [2.24, 2.45) is 5.16 Å². The van der Waals surface area contributed by atoms with Gasteiger partial charge in [0.1, 0.15) is 12.3 Å². The zero-order chi connectivity index (χ0) is 12.0. The number of carbonyl (C=O) groups excluding carboxylic acids is 2. The van der Waals surface area contributed by atoms with Gasteiger partial charge in [0.05, 0.1) is 0 Å². The third-order valence-electron chi connectivity index (χ3n) is 1.43. The Morgan fingerprint density at radius 1 is 1.81 bits per heavy atom. The Hall–Kier alpha value is -1.96. The van der Waals surface area contributed by atoms with Crippen molar-refractivity contribution in [1.82, 2.24) is 10.7 Å².